The summed E-state index contributed by atoms with van der Waals surface area (Å²) in [4.78, 5) is 0. The molecule has 4 heteroatoms. The summed E-state index contributed by atoms with van der Waals surface area (Å²) in [5, 5.41) is 10.4. The lowest BCUT2D eigenvalue weighted by atomic mass is 10.0. The van der Waals surface area contributed by atoms with Crippen LogP contribution in [-0.2, 0) is 6.42 Å². The Morgan fingerprint density at radius 3 is 2.60 bits per heavy atom. The first-order chi connectivity index (χ1) is 9.63. The largest absolute Gasteiger partial charge is 0.497 e. The van der Waals surface area contributed by atoms with E-state index in [4.69, 9.17) is 9.47 Å². The monoisotopic (exact) mass is 336 g/mol. The molecular weight excluding hydrogens is 320 g/mol. The molecule has 0 bridgehead atoms. The van der Waals surface area contributed by atoms with Crippen molar-refractivity contribution in [1.82, 2.24) is 0 Å². The smallest absolute Gasteiger partial charge is 0.124 e. The van der Waals surface area contributed by atoms with E-state index in [0.29, 0.717) is 12.2 Å². The Balaban J connectivity index is 2.23. The van der Waals surface area contributed by atoms with Gasteiger partial charge in [-0.2, -0.15) is 0 Å². The van der Waals surface area contributed by atoms with Crippen LogP contribution in [0.1, 0.15) is 17.2 Å². The van der Waals surface area contributed by atoms with E-state index in [1.807, 2.05) is 42.5 Å². The SMILES string of the molecule is COc1cccc(CC(O)c2cc(Br)ccc2OC)c1. The first-order valence-corrected chi connectivity index (χ1v) is 7.07. The van der Waals surface area contributed by atoms with Gasteiger partial charge in [-0.05, 0) is 35.9 Å². The highest BCUT2D eigenvalue weighted by atomic mass is 79.9. The van der Waals surface area contributed by atoms with Gasteiger partial charge in [0.15, 0.2) is 0 Å². The predicted molar refractivity (Wildman–Crippen MR) is 82.4 cm³/mol. The molecule has 0 saturated carbocycles. The van der Waals surface area contributed by atoms with Crippen LogP contribution < -0.4 is 9.47 Å². The first kappa shape index (κ1) is 14.9. The van der Waals surface area contributed by atoms with Gasteiger partial charge in [0.05, 0.1) is 20.3 Å². The minimum absolute atomic E-state index is 0.504. The molecule has 0 aliphatic rings. The number of benzene rings is 2. The standard InChI is InChI=1S/C16H17BrO3/c1-19-13-5-3-4-11(8-13)9-15(18)14-10-12(17)6-7-16(14)20-2/h3-8,10,15,18H,9H2,1-2H3. The van der Waals surface area contributed by atoms with Crippen LogP contribution in [0.2, 0.25) is 0 Å². The Kier molecular flexibility index (Phi) is 5.04. The molecule has 3 nitrogen and oxygen atoms in total. The van der Waals surface area contributed by atoms with E-state index >= 15 is 0 Å². The van der Waals surface area contributed by atoms with E-state index in [1.54, 1.807) is 14.2 Å². The van der Waals surface area contributed by atoms with Gasteiger partial charge in [0.2, 0.25) is 0 Å². The molecule has 0 aliphatic heterocycles. The number of ether oxygens (including phenoxy) is 2. The van der Waals surface area contributed by atoms with Gasteiger partial charge in [0.25, 0.3) is 0 Å². The number of aliphatic hydroxyl groups is 1. The van der Waals surface area contributed by atoms with Crippen LogP contribution in [0.5, 0.6) is 11.5 Å². The molecule has 1 unspecified atom stereocenters. The molecule has 0 saturated heterocycles. The topological polar surface area (TPSA) is 38.7 Å². The summed E-state index contributed by atoms with van der Waals surface area (Å²) in [6.45, 7) is 0. The van der Waals surface area contributed by atoms with Crippen molar-refractivity contribution in [2.45, 2.75) is 12.5 Å². The maximum absolute atomic E-state index is 10.4. The average Bonchev–Trinajstić information content (AvgIpc) is 2.47. The molecule has 20 heavy (non-hydrogen) atoms. The molecule has 0 aromatic heterocycles. The van der Waals surface area contributed by atoms with Gasteiger partial charge in [-0.1, -0.05) is 28.1 Å². The van der Waals surface area contributed by atoms with E-state index in [-0.39, 0.29) is 0 Å². The van der Waals surface area contributed by atoms with E-state index in [9.17, 15) is 5.11 Å². The van der Waals surface area contributed by atoms with Crippen LogP contribution in [0.25, 0.3) is 0 Å². The van der Waals surface area contributed by atoms with Gasteiger partial charge >= 0.3 is 0 Å². The van der Waals surface area contributed by atoms with Crippen LogP contribution in [0.15, 0.2) is 46.9 Å². The van der Waals surface area contributed by atoms with Gasteiger partial charge in [0, 0.05) is 16.5 Å². The van der Waals surface area contributed by atoms with E-state index in [1.165, 1.54) is 0 Å². The molecule has 0 spiro atoms. The Labute approximate surface area is 127 Å². The lowest BCUT2D eigenvalue weighted by molar-refractivity contribution is 0.174. The Morgan fingerprint density at radius 1 is 1.10 bits per heavy atom. The highest BCUT2D eigenvalue weighted by Gasteiger charge is 2.14. The van der Waals surface area contributed by atoms with Crippen molar-refractivity contribution in [2.24, 2.45) is 0 Å². The fourth-order valence-electron chi connectivity index (χ4n) is 2.10. The minimum Gasteiger partial charge on any atom is -0.497 e. The summed E-state index contributed by atoms with van der Waals surface area (Å²) in [5.74, 6) is 1.47. The predicted octanol–water partition coefficient (Wildman–Crippen LogP) is 3.74. The van der Waals surface area contributed by atoms with E-state index < -0.39 is 6.10 Å². The van der Waals surface area contributed by atoms with Gasteiger partial charge < -0.3 is 14.6 Å². The molecule has 0 aliphatic carbocycles. The molecule has 2 rings (SSSR count). The van der Waals surface area contributed by atoms with Crippen molar-refractivity contribution in [2.75, 3.05) is 14.2 Å². The quantitative estimate of drug-likeness (QED) is 0.903. The Hall–Kier alpha value is -1.52. The summed E-state index contributed by atoms with van der Waals surface area (Å²) < 4.78 is 11.4. The minimum atomic E-state index is -0.630. The third kappa shape index (κ3) is 3.52. The first-order valence-electron chi connectivity index (χ1n) is 6.28. The molecule has 106 valence electrons. The van der Waals surface area contributed by atoms with Crippen molar-refractivity contribution in [1.29, 1.82) is 0 Å². The number of rotatable bonds is 5. The second-order valence-electron chi connectivity index (χ2n) is 4.46. The second-order valence-corrected chi connectivity index (χ2v) is 5.37. The van der Waals surface area contributed by atoms with E-state index in [0.717, 1.165) is 21.3 Å². The van der Waals surface area contributed by atoms with Gasteiger partial charge in [-0.25, -0.2) is 0 Å². The summed E-state index contributed by atoms with van der Waals surface area (Å²) >= 11 is 3.42. The van der Waals surface area contributed by atoms with Gasteiger partial charge in [-0.3, -0.25) is 0 Å². The summed E-state index contributed by atoms with van der Waals surface area (Å²) in [6, 6.07) is 13.3. The highest BCUT2D eigenvalue weighted by molar-refractivity contribution is 9.10. The summed E-state index contributed by atoms with van der Waals surface area (Å²) in [6.07, 6.45) is -0.126. The lowest BCUT2D eigenvalue weighted by Crippen LogP contribution is -2.04. The number of methoxy groups -OCH3 is 2. The lowest BCUT2D eigenvalue weighted by Gasteiger charge is -2.15. The average molecular weight is 337 g/mol. The molecule has 2 aromatic carbocycles. The van der Waals surface area contributed by atoms with Crippen LogP contribution in [0.4, 0.5) is 0 Å². The van der Waals surface area contributed by atoms with Crippen LogP contribution in [0, 0.1) is 0 Å². The maximum atomic E-state index is 10.4. The summed E-state index contributed by atoms with van der Waals surface area (Å²) in [7, 11) is 3.23. The highest BCUT2D eigenvalue weighted by Crippen LogP contribution is 2.30. The molecule has 0 heterocycles. The zero-order valence-electron chi connectivity index (χ0n) is 11.5. The molecular formula is C16H17BrO3. The van der Waals surface area contributed by atoms with Crippen molar-refractivity contribution >= 4 is 15.9 Å². The molecule has 0 radical (unpaired) electrons. The third-order valence-corrected chi connectivity index (χ3v) is 3.61. The molecule has 0 amide bonds. The third-order valence-electron chi connectivity index (χ3n) is 3.11. The van der Waals surface area contributed by atoms with Crippen molar-refractivity contribution < 1.29 is 14.6 Å². The van der Waals surface area contributed by atoms with Crippen LogP contribution in [0.3, 0.4) is 0 Å². The fraction of sp³-hybridized carbons (Fsp3) is 0.250. The number of hydrogen-bond acceptors (Lipinski definition) is 3. The molecule has 2 aromatic rings. The van der Waals surface area contributed by atoms with E-state index in [2.05, 4.69) is 15.9 Å². The van der Waals surface area contributed by atoms with Crippen molar-refractivity contribution in [3.05, 3.63) is 58.1 Å². The fourth-order valence-corrected chi connectivity index (χ4v) is 2.48. The molecule has 1 N–H and O–H groups in total. The zero-order chi connectivity index (χ0) is 14.5. The Bertz CT molecular complexity index is 584. The summed E-state index contributed by atoms with van der Waals surface area (Å²) in [5.41, 5.74) is 1.78. The number of hydrogen-bond donors (Lipinski definition) is 1. The van der Waals surface area contributed by atoms with Crippen molar-refractivity contribution in [3.63, 3.8) is 0 Å². The van der Waals surface area contributed by atoms with Gasteiger partial charge in [0.1, 0.15) is 11.5 Å². The Morgan fingerprint density at radius 2 is 1.90 bits per heavy atom. The number of aliphatic hydroxyl groups excluding tert-OH is 1. The maximum Gasteiger partial charge on any atom is 0.124 e. The number of halogens is 1. The second kappa shape index (κ2) is 6.77. The van der Waals surface area contributed by atoms with Crippen LogP contribution >= 0.6 is 15.9 Å². The van der Waals surface area contributed by atoms with Gasteiger partial charge in [-0.15, -0.1) is 0 Å². The normalized spacial score (nSPS) is 12.0. The zero-order valence-corrected chi connectivity index (χ0v) is 13.1. The van der Waals surface area contributed by atoms with Crippen molar-refractivity contribution in [3.8, 4) is 11.5 Å². The van der Waals surface area contributed by atoms with Crippen LogP contribution in [-0.4, -0.2) is 19.3 Å². The molecule has 1 atom stereocenters. The molecule has 0 fully saturated rings.